The maximum absolute atomic E-state index is 3.86. The Morgan fingerprint density at radius 2 is 1.60 bits per heavy atom. The monoisotopic (exact) mass is 198 g/mol. The van der Waals surface area contributed by atoms with Gasteiger partial charge in [0.25, 0.3) is 0 Å². The van der Waals surface area contributed by atoms with Gasteiger partial charge in [0.15, 0.2) is 0 Å². The maximum Gasteiger partial charge on any atom is 0.0528 e. The van der Waals surface area contributed by atoms with Gasteiger partial charge in [0, 0.05) is 6.20 Å². The van der Waals surface area contributed by atoms with E-state index in [-0.39, 0.29) is 0 Å². The van der Waals surface area contributed by atoms with Crippen LogP contribution in [0.25, 0.3) is 0 Å². The van der Waals surface area contributed by atoms with E-state index in [0.29, 0.717) is 0 Å². The first kappa shape index (κ1) is 9.84. The molecule has 0 unspecified atom stereocenters. The summed E-state index contributed by atoms with van der Waals surface area (Å²) in [6.45, 7) is 2.11. The lowest BCUT2D eigenvalue weighted by atomic mass is 10.1. The third kappa shape index (κ3) is 2.88. The van der Waals surface area contributed by atoms with Gasteiger partial charge in [0.2, 0.25) is 0 Å². The highest BCUT2D eigenvalue weighted by Crippen LogP contribution is 2.07. The molecule has 2 rings (SSSR count). The van der Waals surface area contributed by atoms with Crippen LogP contribution < -0.4 is 0 Å². The van der Waals surface area contributed by atoms with E-state index < -0.39 is 0 Å². The fourth-order valence-electron chi connectivity index (χ4n) is 1.51. The van der Waals surface area contributed by atoms with E-state index in [9.17, 15) is 0 Å². The first-order valence-electron chi connectivity index (χ1n) is 5.16. The molecule has 1 aromatic heterocycles. The van der Waals surface area contributed by atoms with Crippen LogP contribution in [-0.4, -0.2) is 10.2 Å². The predicted octanol–water partition coefficient (Wildman–Crippen LogP) is 2.57. The van der Waals surface area contributed by atoms with Gasteiger partial charge in [-0.3, -0.25) is 0 Å². The van der Waals surface area contributed by atoms with Crippen LogP contribution in [-0.2, 0) is 12.8 Å². The average molecular weight is 198 g/mol. The molecule has 0 amide bonds. The number of aromatic nitrogens is 2. The summed E-state index contributed by atoms with van der Waals surface area (Å²) in [4.78, 5) is 0. The molecule has 0 spiro atoms. The molecule has 0 saturated carbocycles. The lowest BCUT2D eigenvalue weighted by molar-refractivity contribution is 0.918. The van der Waals surface area contributed by atoms with Gasteiger partial charge in [-0.1, -0.05) is 29.8 Å². The molecule has 2 nitrogen and oxygen atoms in total. The molecular weight excluding hydrogens is 184 g/mol. The molecular formula is C13H14N2. The minimum Gasteiger partial charge on any atom is -0.159 e. The molecule has 0 atom stereocenters. The van der Waals surface area contributed by atoms with Crippen molar-refractivity contribution in [3.05, 3.63) is 59.4 Å². The highest BCUT2D eigenvalue weighted by molar-refractivity contribution is 5.22. The number of aryl methyl sites for hydroxylation is 3. The van der Waals surface area contributed by atoms with Crippen LogP contribution in [0.15, 0.2) is 42.7 Å². The van der Waals surface area contributed by atoms with Crippen molar-refractivity contribution in [2.24, 2.45) is 0 Å². The summed E-state index contributed by atoms with van der Waals surface area (Å²) in [6, 6.07) is 10.7. The molecule has 76 valence electrons. The first-order valence-corrected chi connectivity index (χ1v) is 5.16. The van der Waals surface area contributed by atoms with E-state index in [1.54, 1.807) is 6.20 Å². The van der Waals surface area contributed by atoms with E-state index in [1.165, 1.54) is 16.7 Å². The largest absolute Gasteiger partial charge is 0.159 e. The normalized spacial score (nSPS) is 10.2. The zero-order valence-electron chi connectivity index (χ0n) is 8.85. The second-order valence-electron chi connectivity index (χ2n) is 3.74. The van der Waals surface area contributed by atoms with Gasteiger partial charge in [-0.15, -0.1) is 0 Å². The summed E-state index contributed by atoms with van der Waals surface area (Å²) in [5.74, 6) is 0. The SMILES string of the molecule is Cc1ccc(CCc2ccnnc2)cc1. The van der Waals surface area contributed by atoms with Gasteiger partial charge < -0.3 is 0 Å². The Morgan fingerprint density at radius 3 is 2.27 bits per heavy atom. The van der Waals surface area contributed by atoms with Crippen molar-refractivity contribution in [2.45, 2.75) is 19.8 Å². The Morgan fingerprint density at radius 1 is 0.867 bits per heavy atom. The standard InChI is InChI=1S/C13H14N2/c1-11-2-4-12(5-3-11)6-7-13-8-9-14-15-10-13/h2-5,8-10H,6-7H2,1H3. The van der Waals surface area contributed by atoms with Crippen LogP contribution in [0, 0.1) is 6.92 Å². The molecule has 1 aromatic carbocycles. The Bertz CT molecular complexity index is 406. The second-order valence-corrected chi connectivity index (χ2v) is 3.74. The molecule has 15 heavy (non-hydrogen) atoms. The number of benzene rings is 1. The Hall–Kier alpha value is -1.70. The van der Waals surface area contributed by atoms with Crippen molar-refractivity contribution in [1.29, 1.82) is 0 Å². The van der Waals surface area contributed by atoms with E-state index in [2.05, 4.69) is 41.4 Å². The molecule has 0 aliphatic carbocycles. The average Bonchev–Trinajstić information content (AvgIpc) is 2.30. The number of hydrogen-bond donors (Lipinski definition) is 0. The Balaban J connectivity index is 1.96. The third-order valence-electron chi connectivity index (χ3n) is 2.47. The molecule has 2 heteroatoms. The van der Waals surface area contributed by atoms with Gasteiger partial charge in [-0.05, 0) is 37.0 Å². The molecule has 0 N–H and O–H groups in total. The molecule has 0 aliphatic rings. The number of hydrogen-bond acceptors (Lipinski definition) is 2. The maximum atomic E-state index is 3.86. The van der Waals surface area contributed by atoms with Gasteiger partial charge in [0.1, 0.15) is 0 Å². The lowest BCUT2D eigenvalue weighted by Crippen LogP contribution is -1.92. The van der Waals surface area contributed by atoms with Crippen molar-refractivity contribution in [3.8, 4) is 0 Å². The van der Waals surface area contributed by atoms with E-state index in [0.717, 1.165) is 12.8 Å². The molecule has 0 radical (unpaired) electrons. The van der Waals surface area contributed by atoms with E-state index in [1.807, 2.05) is 12.3 Å². The molecule has 0 fully saturated rings. The van der Waals surface area contributed by atoms with Crippen LogP contribution in [0.3, 0.4) is 0 Å². The summed E-state index contributed by atoms with van der Waals surface area (Å²) in [5, 5.41) is 7.62. The fourth-order valence-corrected chi connectivity index (χ4v) is 1.51. The van der Waals surface area contributed by atoms with Crippen LogP contribution in [0.5, 0.6) is 0 Å². The van der Waals surface area contributed by atoms with Crippen LogP contribution in [0.1, 0.15) is 16.7 Å². The lowest BCUT2D eigenvalue weighted by Gasteiger charge is -2.01. The highest BCUT2D eigenvalue weighted by Gasteiger charge is 1.95. The van der Waals surface area contributed by atoms with Crippen molar-refractivity contribution in [3.63, 3.8) is 0 Å². The van der Waals surface area contributed by atoms with E-state index >= 15 is 0 Å². The molecule has 1 heterocycles. The topological polar surface area (TPSA) is 25.8 Å². The van der Waals surface area contributed by atoms with Crippen molar-refractivity contribution >= 4 is 0 Å². The summed E-state index contributed by atoms with van der Waals surface area (Å²) in [7, 11) is 0. The predicted molar refractivity (Wildman–Crippen MR) is 60.6 cm³/mol. The van der Waals surface area contributed by atoms with Crippen LogP contribution in [0.4, 0.5) is 0 Å². The number of nitrogens with zero attached hydrogens (tertiary/aromatic N) is 2. The molecule has 0 saturated heterocycles. The summed E-state index contributed by atoms with van der Waals surface area (Å²) in [5.41, 5.74) is 3.92. The molecule has 0 bridgehead atoms. The van der Waals surface area contributed by atoms with Crippen molar-refractivity contribution in [2.75, 3.05) is 0 Å². The molecule has 2 aromatic rings. The third-order valence-corrected chi connectivity index (χ3v) is 2.47. The zero-order chi connectivity index (χ0) is 10.5. The summed E-state index contributed by atoms with van der Waals surface area (Å²) >= 11 is 0. The molecule has 0 aliphatic heterocycles. The van der Waals surface area contributed by atoms with Crippen LogP contribution >= 0.6 is 0 Å². The minimum absolute atomic E-state index is 1.03. The van der Waals surface area contributed by atoms with Crippen LogP contribution in [0.2, 0.25) is 0 Å². The minimum atomic E-state index is 1.03. The van der Waals surface area contributed by atoms with Gasteiger partial charge in [-0.25, -0.2) is 0 Å². The van der Waals surface area contributed by atoms with Crippen molar-refractivity contribution < 1.29 is 0 Å². The van der Waals surface area contributed by atoms with Crippen molar-refractivity contribution in [1.82, 2.24) is 10.2 Å². The number of rotatable bonds is 3. The van der Waals surface area contributed by atoms with Gasteiger partial charge in [-0.2, -0.15) is 10.2 Å². The summed E-state index contributed by atoms with van der Waals surface area (Å²) in [6.07, 6.45) is 5.66. The Labute approximate surface area is 90.0 Å². The second kappa shape index (κ2) is 4.69. The first-order chi connectivity index (χ1) is 7.34. The van der Waals surface area contributed by atoms with Gasteiger partial charge in [0.05, 0.1) is 6.20 Å². The Kier molecular flexibility index (Phi) is 3.08. The van der Waals surface area contributed by atoms with E-state index in [4.69, 9.17) is 0 Å². The highest BCUT2D eigenvalue weighted by atomic mass is 15.1. The smallest absolute Gasteiger partial charge is 0.0528 e. The fraction of sp³-hybridized carbons (Fsp3) is 0.231. The summed E-state index contributed by atoms with van der Waals surface area (Å²) < 4.78 is 0. The van der Waals surface area contributed by atoms with Gasteiger partial charge >= 0.3 is 0 Å². The quantitative estimate of drug-likeness (QED) is 0.757. The zero-order valence-corrected chi connectivity index (χ0v) is 8.85.